The lowest BCUT2D eigenvalue weighted by Crippen LogP contribution is -2.22. The summed E-state index contributed by atoms with van der Waals surface area (Å²) >= 11 is 1.40. The minimum atomic E-state index is -1.22. The molecular formula is C10H11N3O3S. The molecule has 0 atom stereocenters. The van der Waals surface area contributed by atoms with Gasteiger partial charge in [-0.05, 0) is 13.2 Å². The van der Waals surface area contributed by atoms with E-state index >= 15 is 0 Å². The van der Waals surface area contributed by atoms with Gasteiger partial charge in [-0.25, -0.2) is 14.3 Å². The Kier molecular flexibility index (Phi) is 2.93. The number of hydrogen-bond donors (Lipinski definition) is 1. The summed E-state index contributed by atoms with van der Waals surface area (Å²) in [6.07, 6.45) is 4.61. The summed E-state index contributed by atoms with van der Waals surface area (Å²) in [5.74, 6) is -1.22. The number of carboxylic acid groups (broad SMARTS) is 1. The smallest absolute Gasteiger partial charge is 0.341 e. The molecule has 90 valence electrons. The highest BCUT2D eigenvalue weighted by Crippen LogP contribution is 2.14. The molecule has 0 aromatic carbocycles. The van der Waals surface area contributed by atoms with Gasteiger partial charge in [0, 0.05) is 12.7 Å². The first-order valence-corrected chi connectivity index (χ1v) is 6.21. The summed E-state index contributed by atoms with van der Waals surface area (Å²) in [5, 5.41) is 9.62. The molecule has 0 unspecified atom stereocenters. The fourth-order valence-corrected chi connectivity index (χ4v) is 2.19. The highest BCUT2D eigenvalue weighted by Gasteiger charge is 2.16. The van der Waals surface area contributed by atoms with Crippen molar-refractivity contribution in [3.63, 3.8) is 0 Å². The second-order valence-corrected chi connectivity index (χ2v) is 4.15. The third kappa shape index (κ3) is 1.72. The first-order valence-electron chi connectivity index (χ1n) is 4.98. The minimum Gasteiger partial charge on any atom is -0.477 e. The maximum Gasteiger partial charge on any atom is 0.341 e. The predicted octanol–water partition coefficient (Wildman–Crippen LogP) is 0.936. The molecule has 0 aliphatic carbocycles. The normalized spacial score (nSPS) is 10.9. The van der Waals surface area contributed by atoms with Crippen LogP contribution < -0.4 is 5.43 Å². The van der Waals surface area contributed by atoms with Gasteiger partial charge in [0.2, 0.25) is 5.43 Å². The number of carbonyl (C=O) groups is 1. The van der Waals surface area contributed by atoms with Crippen molar-refractivity contribution in [1.82, 2.24) is 14.2 Å². The van der Waals surface area contributed by atoms with Gasteiger partial charge in [-0.2, -0.15) is 0 Å². The number of aromatic carboxylic acids is 1. The quantitative estimate of drug-likeness (QED) is 0.824. The van der Waals surface area contributed by atoms with Gasteiger partial charge in [-0.1, -0.05) is 11.8 Å². The lowest BCUT2D eigenvalue weighted by atomic mass is 10.3. The van der Waals surface area contributed by atoms with Gasteiger partial charge < -0.3 is 5.11 Å². The molecule has 0 bridgehead atoms. The number of aromatic nitrogens is 3. The molecular weight excluding hydrogens is 242 g/mol. The van der Waals surface area contributed by atoms with E-state index in [4.69, 9.17) is 5.11 Å². The lowest BCUT2D eigenvalue weighted by molar-refractivity contribution is 0.0694. The van der Waals surface area contributed by atoms with Crippen LogP contribution in [0.25, 0.3) is 5.52 Å². The van der Waals surface area contributed by atoms with Crippen LogP contribution in [0.2, 0.25) is 0 Å². The molecule has 0 saturated heterocycles. The maximum absolute atomic E-state index is 11.9. The highest BCUT2D eigenvalue weighted by molar-refractivity contribution is 7.98. The monoisotopic (exact) mass is 253 g/mol. The number of fused-ring (bicyclic) bond motifs is 1. The Labute approximate surface area is 101 Å². The molecule has 7 heteroatoms. The molecule has 2 heterocycles. The van der Waals surface area contributed by atoms with Gasteiger partial charge in [0.25, 0.3) is 0 Å². The number of rotatable bonds is 3. The predicted molar refractivity (Wildman–Crippen MR) is 63.9 cm³/mol. The molecule has 0 spiro atoms. The van der Waals surface area contributed by atoms with Crippen molar-refractivity contribution >= 4 is 23.2 Å². The van der Waals surface area contributed by atoms with Crippen molar-refractivity contribution in [2.45, 2.75) is 18.6 Å². The zero-order chi connectivity index (χ0) is 12.6. The van der Waals surface area contributed by atoms with Crippen LogP contribution in [0.5, 0.6) is 0 Å². The molecule has 0 aliphatic heterocycles. The summed E-state index contributed by atoms with van der Waals surface area (Å²) in [7, 11) is 0. The maximum atomic E-state index is 11.9. The van der Waals surface area contributed by atoms with E-state index in [1.165, 1.54) is 24.2 Å². The van der Waals surface area contributed by atoms with E-state index in [0.29, 0.717) is 11.7 Å². The first-order chi connectivity index (χ1) is 8.10. The molecule has 17 heavy (non-hydrogen) atoms. The van der Waals surface area contributed by atoms with Gasteiger partial charge in [0.05, 0.1) is 6.20 Å². The van der Waals surface area contributed by atoms with E-state index in [0.717, 1.165) is 0 Å². The van der Waals surface area contributed by atoms with E-state index in [2.05, 4.69) is 4.98 Å². The van der Waals surface area contributed by atoms with E-state index < -0.39 is 11.4 Å². The van der Waals surface area contributed by atoms with Crippen LogP contribution >= 0.6 is 11.8 Å². The third-order valence-electron chi connectivity index (χ3n) is 2.46. The van der Waals surface area contributed by atoms with Gasteiger partial charge in [0.1, 0.15) is 11.1 Å². The van der Waals surface area contributed by atoms with Crippen LogP contribution in [-0.4, -0.2) is 31.5 Å². The molecule has 0 radical (unpaired) electrons. The van der Waals surface area contributed by atoms with E-state index in [1.807, 2.05) is 13.2 Å². The molecule has 0 fully saturated rings. The average molecular weight is 253 g/mol. The van der Waals surface area contributed by atoms with Crippen LogP contribution in [-0.2, 0) is 6.54 Å². The Hall–Kier alpha value is -1.76. The van der Waals surface area contributed by atoms with Gasteiger partial charge in [0.15, 0.2) is 5.16 Å². The van der Waals surface area contributed by atoms with Crippen LogP contribution in [0.3, 0.4) is 0 Å². The zero-order valence-corrected chi connectivity index (χ0v) is 10.2. The number of carboxylic acids is 1. The van der Waals surface area contributed by atoms with E-state index in [1.54, 1.807) is 9.20 Å². The summed E-state index contributed by atoms with van der Waals surface area (Å²) in [5.41, 5.74) is -0.446. The molecule has 0 aliphatic rings. The summed E-state index contributed by atoms with van der Waals surface area (Å²) in [6, 6.07) is 0. The van der Waals surface area contributed by atoms with Crippen molar-refractivity contribution in [2.24, 2.45) is 0 Å². The Balaban J connectivity index is 2.92. The third-order valence-corrected chi connectivity index (χ3v) is 3.10. The Bertz CT molecular complexity index is 644. The number of imidazole rings is 1. The minimum absolute atomic E-state index is 0.230. The average Bonchev–Trinajstić information content (AvgIpc) is 2.73. The number of thioether (sulfide) groups is 1. The standard InChI is InChI=1S/C10H11N3O3S/c1-3-12-5-6(9(15)16)8(14)7-4-11-10(17-2)13(7)12/h4-5H,3H2,1-2H3,(H,15,16). The summed E-state index contributed by atoms with van der Waals surface area (Å²) in [4.78, 5) is 27.0. The van der Waals surface area contributed by atoms with Crippen LogP contribution in [0.4, 0.5) is 0 Å². The second-order valence-electron chi connectivity index (χ2n) is 3.37. The number of nitrogens with zero attached hydrogens (tertiary/aromatic N) is 3. The second kappa shape index (κ2) is 4.25. The van der Waals surface area contributed by atoms with Crippen LogP contribution in [0, 0.1) is 0 Å². The zero-order valence-electron chi connectivity index (χ0n) is 9.38. The van der Waals surface area contributed by atoms with E-state index in [-0.39, 0.29) is 11.1 Å². The van der Waals surface area contributed by atoms with Gasteiger partial charge >= 0.3 is 5.97 Å². The Morgan fingerprint density at radius 1 is 1.59 bits per heavy atom. The molecule has 6 nitrogen and oxygen atoms in total. The van der Waals surface area contributed by atoms with Crippen molar-refractivity contribution in [3.8, 4) is 0 Å². The lowest BCUT2D eigenvalue weighted by Gasteiger charge is -2.10. The largest absolute Gasteiger partial charge is 0.477 e. The highest BCUT2D eigenvalue weighted by atomic mass is 32.2. The summed E-state index contributed by atoms with van der Waals surface area (Å²) < 4.78 is 3.30. The summed E-state index contributed by atoms with van der Waals surface area (Å²) in [6.45, 7) is 2.43. The molecule has 2 aromatic heterocycles. The SMILES string of the molecule is CCn1cc(C(=O)O)c(=O)c2cnc(SC)n21. The van der Waals surface area contributed by atoms with Crippen molar-refractivity contribution in [3.05, 3.63) is 28.2 Å². The van der Waals surface area contributed by atoms with Gasteiger partial charge in [-0.15, -0.1) is 0 Å². The molecule has 0 amide bonds. The first kappa shape index (κ1) is 11.7. The van der Waals surface area contributed by atoms with Crippen molar-refractivity contribution in [1.29, 1.82) is 0 Å². The molecule has 0 saturated carbocycles. The molecule has 2 rings (SSSR count). The Morgan fingerprint density at radius 3 is 2.82 bits per heavy atom. The van der Waals surface area contributed by atoms with Crippen LogP contribution in [0.1, 0.15) is 17.3 Å². The fourth-order valence-electron chi connectivity index (χ4n) is 1.66. The van der Waals surface area contributed by atoms with Crippen molar-refractivity contribution in [2.75, 3.05) is 6.26 Å². The Morgan fingerprint density at radius 2 is 2.29 bits per heavy atom. The topological polar surface area (TPSA) is 76.6 Å². The molecule has 2 aromatic rings. The van der Waals surface area contributed by atoms with E-state index in [9.17, 15) is 9.59 Å². The van der Waals surface area contributed by atoms with Crippen LogP contribution in [0.15, 0.2) is 22.3 Å². The number of aryl methyl sites for hydroxylation is 1. The van der Waals surface area contributed by atoms with Gasteiger partial charge in [-0.3, -0.25) is 9.48 Å². The fraction of sp³-hybridized carbons (Fsp3) is 0.300. The van der Waals surface area contributed by atoms with Crippen molar-refractivity contribution < 1.29 is 9.90 Å². The molecule has 1 N–H and O–H groups in total. The number of hydrogen-bond acceptors (Lipinski definition) is 4.